The second-order valence-electron chi connectivity index (χ2n) is 9.65. The number of hydrogen-bond donors (Lipinski definition) is 1. The average Bonchev–Trinajstić information content (AvgIpc) is 3.51. The third kappa shape index (κ3) is 6.04. The SMILES string of the molecule is C=CC(=O)N1CC(Oc2cc3c(Nc4ccc(Oc5ccn(-c6cnc(C(=O)OC)nc6)n5)cc4F)ncnc3cc2OC)C1. The molecule has 1 fully saturated rings. The molecule has 1 saturated heterocycles. The molecule has 15 heteroatoms. The molecule has 0 radical (unpaired) electrons. The first kappa shape index (κ1) is 29.0. The van der Waals surface area contributed by atoms with Gasteiger partial charge in [-0.3, -0.25) is 4.79 Å². The van der Waals surface area contributed by atoms with Gasteiger partial charge >= 0.3 is 5.97 Å². The molecule has 0 atom stereocenters. The van der Waals surface area contributed by atoms with E-state index in [1.807, 2.05) is 0 Å². The highest BCUT2D eigenvalue weighted by Crippen LogP contribution is 2.37. The van der Waals surface area contributed by atoms with E-state index in [2.05, 4.69) is 41.7 Å². The lowest BCUT2D eigenvalue weighted by Crippen LogP contribution is -2.55. The molecule has 1 N–H and O–H groups in total. The Balaban J connectivity index is 1.17. The third-order valence-electron chi connectivity index (χ3n) is 6.80. The molecule has 0 aliphatic carbocycles. The fourth-order valence-corrected chi connectivity index (χ4v) is 4.47. The van der Waals surface area contributed by atoms with Gasteiger partial charge in [0.15, 0.2) is 11.5 Å². The number of amides is 1. The van der Waals surface area contributed by atoms with Crippen molar-refractivity contribution in [2.75, 3.05) is 32.6 Å². The highest BCUT2D eigenvalue weighted by Gasteiger charge is 2.32. The molecule has 14 nitrogen and oxygen atoms in total. The summed E-state index contributed by atoms with van der Waals surface area (Å²) >= 11 is 0. The lowest BCUT2D eigenvalue weighted by molar-refractivity contribution is -0.134. The molecule has 1 aliphatic rings. The Morgan fingerprint density at radius 1 is 1.04 bits per heavy atom. The Morgan fingerprint density at radius 3 is 2.56 bits per heavy atom. The van der Waals surface area contributed by atoms with Crippen LogP contribution in [0.3, 0.4) is 0 Å². The van der Waals surface area contributed by atoms with E-state index in [-0.39, 0.29) is 35.2 Å². The fourth-order valence-electron chi connectivity index (χ4n) is 4.47. The van der Waals surface area contributed by atoms with Gasteiger partial charge in [-0.25, -0.2) is 33.8 Å². The van der Waals surface area contributed by atoms with Crippen LogP contribution in [0.2, 0.25) is 0 Å². The van der Waals surface area contributed by atoms with Crippen LogP contribution in [0.1, 0.15) is 10.6 Å². The Hall–Kier alpha value is -6.12. The maximum Gasteiger partial charge on any atom is 0.376 e. The van der Waals surface area contributed by atoms with Gasteiger partial charge in [0.25, 0.3) is 0 Å². The Labute approximate surface area is 255 Å². The monoisotopic (exact) mass is 612 g/mol. The standard InChI is InChI=1S/C30H25FN8O6/c1-4-27(40)38-14-19(15-38)44-25-10-20-23(11-24(25)42-2)34-16-35-28(20)36-22-6-5-18(9-21(22)31)45-26-7-8-39(37-26)17-12-32-29(33-13-17)30(41)43-3/h4-13,16,19H,1,14-15H2,2-3H3,(H,34,35,36). The number of aromatic nitrogens is 6. The van der Waals surface area contributed by atoms with Crippen molar-refractivity contribution in [3.8, 4) is 28.8 Å². The van der Waals surface area contributed by atoms with Crippen molar-refractivity contribution < 1.29 is 32.9 Å². The number of hydrogen-bond acceptors (Lipinski definition) is 12. The van der Waals surface area contributed by atoms with Gasteiger partial charge in [0.2, 0.25) is 17.6 Å². The molecule has 0 saturated carbocycles. The Morgan fingerprint density at radius 2 is 1.84 bits per heavy atom. The van der Waals surface area contributed by atoms with Crippen LogP contribution < -0.4 is 19.5 Å². The zero-order valence-corrected chi connectivity index (χ0v) is 24.0. The van der Waals surface area contributed by atoms with Gasteiger partial charge in [0.05, 0.1) is 50.9 Å². The van der Waals surface area contributed by atoms with Crippen molar-refractivity contribution in [1.29, 1.82) is 0 Å². The molecule has 3 aromatic heterocycles. The summed E-state index contributed by atoms with van der Waals surface area (Å²) < 4.78 is 38.6. The van der Waals surface area contributed by atoms with Crippen LogP contribution >= 0.6 is 0 Å². The van der Waals surface area contributed by atoms with E-state index < -0.39 is 11.8 Å². The number of benzene rings is 2. The maximum atomic E-state index is 15.2. The maximum absolute atomic E-state index is 15.2. The number of fused-ring (bicyclic) bond motifs is 1. The molecule has 0 bridgehead atoms. The number of carbonyl (C=O) groups is 2. The smallest absolute Gasteiger partial charge is 0.376 e. The van der Waals surface area contributed by atoms with E-state index in [1.54, 1.807) is 35.4 Å². The van der Waals surface area contributed by atoms with E-state index in [0.29, 0.717) is 47.0 Å². The molecule has 5 aromatic rings. The molecule has 45 heavy (non-hydrogen) atoms. The predicted molar refractivity (Wildman–Crippen MR) is 158 cm³/mol. The van der Waals surface area contributed by atoms with E-state index in [0.717, 1.165) is 0 Å². The van der Waals surface area contributed by atoms with Crippen LogP contribution in [0.4, 0.5) is 15.9 Å². The number of nitrogens with one attached hydrogen (secondary N) is 1. The van der Waals surface area contributed by atoms with Gasteiger partial charge in [-0.05, 0) is 24.3 Å². The molecule has 1 amide bonds. The zero-order valence-electron chi connectivity index (χ0n) is 24.0. The summed E-state index contributed by atoms with van der Waals surface area (Å²) in [5, 5.41) is 7.88. The first-order valence-corrected chi connectivity index (χ1v) is 13.5. The normalized spacial score (nSPS) is 12.7. The van der Waals surface area contributed by atoms with Crippen LogP contribution in [-0.2, 0) is 9.53 Å². The highest BCUT2D eigenvalue weighted by atomic mass is 19.1. The van der Waals surface area contributed by atoms with Gasteiger partial charge in [0.1, 0.15) is 35.5 Å². The molecule has 4 heterocycles. The van der Waals surface area contributed by atoms with Gasteiger partial charge in [-0.2, -0.15) is 0 Å². The topological polar surface area (TPSA) is 156 Å². The molecule has 0 spiro atoms. The molecule has 2 aromatic carbocycles. The summed E-state index contributed by atoms with van der Waals surface area (Å²) in [6.45, 7) is 4.34. The zero-order chi connectivity index (χ0) is 31.5. The number of carbonyl (C=O) groups excluding carboxylic acids is 2. The van der Waals surface area contributed by atoms with Crippen LogP contribution in [0, 0.1) is 5.82 Å². The van der Waals surface area contributed by atoms with Crippen molar-refractivity contribution in [3.63, 3.8) is 0 Å². The minimum atomic E-state index is -0.655. The lowest BCUT2D eigenvalue weighted by Gasteiger charge is -2.38. The number of nitrogens with zero attached hydrogens (tertiary/aromatic N) is 7. The first-order valence-electron chi connectivity index (χ1n) is 13.5. The summed E-state index contributed by atoms with van der Waals surface area (Å²) in [4.78, 5) is 41.5. The van der Waals surface area contributed by atoms with Crippen molar-refractivity contribution in [2.24, 2.45) is 0 Å². The van der Waals surface area contributed by atoms with Crippen LogP contribution in [0.15, 0.2) is 74.0 Å². The number of methoxy groups -OCH3 is 2. The molecule has 1 aliphatic heterocycles. The number of rotatable bonds is 10. The summed E-state index contributed by atoms with van der Waals surface area (Å²) in [7, 11) is 2.76. The van der Waals surface area contributed by atoms with E-state index >= 15 is 4.39 Å². The summed E-state index contributed by atoms with van der Waals surface area (Å²) in [5.41, 5.74) is 1.17. The quantitative estimate of drug-likeness (QED) is 0.180. The predicted octanol–water partition coefficient (Wildman–Crippen LogP) is 3.85. The molecular weight excluding hydrogens is 587 g/mol. The number of halogens is 1. The van der Waals surface area contributed by atoms with Crippen LogP contribution in [-0.4, -0.2) is 79.9 Å². The number of anilines is 2. The number of likely N-dealkylation sites (tertiary alicyclic amines) is 1. The van der Waals surface area contributed by atoms with E-state index in [1.165, 1.54) is 55.8 Å². The summed E-state index contributed by atoms with van der Waals surface area (Å²) in [6.07, 6.45) is 6.82. The Bertz CT molecular complexity index is 1910. The van der Waals surface area contributed by atoms with Gasteiger partial charge in [0, 0.05) is 29.8 Å². The molecule has 0 unspecified atom stereocenters. The average molecular weight is 613 g/mol. The van der Waals surface area contributed by atoms with Crippen molar-refractivity contribution in [2.45, 2.75) is 6.10 Å². The van der Waals surface area contributed by atoms with Crippen LogP contribution in [0.5, 0.6) is 23.1 Å². The lowest BCUT2D eigenvalue weighted by atomic mass is 10.1. The summed E-state index contributed by atoms with van der Waals surface area (Å²) in [5.74, 6) is 0.144. The van der Waals surface area contributed by atoms with Gasteiger partial charge < -0.3 is 29.2 Å². The van der Waals surface area contributed by atoms with Gasteiger partial charge in [-0.1, -0.05) is 6.58 Å². The first-order chi connectivity index (χ1) is 21.8. The minimum absolute atomic E-state index is 0.0825. The second kappa shape index (κ2) is 12.2. The molecule has 6 rings (SSSR count). The second-order valence-corrected chi connectivity index (χ2v) is 9.65. The third-order valence-corrected chi connectivity index (χ3v) is 6.80. The number of esters is 1. The Kier molecular flexibility index (Phi) is 7.88. The number of ether oxygens (including phenoxy) is 4. The molecule has 228 valence electrons. The van der Waals surface area contributed by atoms with Crippen molar-refractivity contribution in [1.82, 2.24) is 34.6 Å². The summed E-state index contributed by atoms with van der Waals surface area (Å²) in [6, 6.07) is 9.30. The fraction of sp³-hybridized carbons (Fsp3) is 0.167. The largest absolute Gasteiger partial charge is 0.493 e. The van der Waals surface area contributed by atoms with E-state index in [4.69, 9.17) is 14.2 Å². The molecular formula is C30H25FN8O6. The van der Waals surface area contributed by atoms with Gasteiger partial charge in [-0.15, -0.1) is 5.10 Å². The van der Waals surface area contributed by atoms with E-state index in [9.17, 15) is 9.59 Å². The minimum Gasteiger partial charge on any atom is -0.493 e. The van der Waals surface area contributed by atoms with Crippen molar-refractivity contribution in [3.05, 3.63) is 85.6 Å². The van der Waals surface area contributed by atoms with Crippen LogP contribution in [0.25, 0.3) is 16.6 Å². The van der Waals surface area contributed by atoms with Crippen molar-refractivity contribution >= 4 is 34.3 Å². The highest BCUT2D eigenvalue weighted by molar-refractivity contribution is 5.93.